The van der Waals surface area contributed by atoms with Crippen LogP contribution in [-0.4, -0.2) is 24.7 Å². The summed E-state index contributed by atoms with van der Waals surface area (Å²) < 4.78 is 5.52. The standard InChI is InChI=1S/C13H22N2O/c1-4-11-9-14-8-7-12(11)13(15-5-2)10-16-6-3/h7-9,13,15H,4-6,10H2,1-3H3. The van der Waals surface area contributed by atoms with E-state index in [9.17, 15) is 0 Å². The van der Waals surface area contributed by atoms with Crippen molar-refractivity contribution in [3.05, 3.63) is 29.6 Å². The van der Waals surface area contributed by atoms with Crippen LogP contribution < -0.4 is 5.32 Å². The smallest absolute Gasteiger partial charge is 0.0661 e. The second kappa shape index (κ2) is 7.36. The summed E-state index contributed by atoms with van der Waals surface area (Å²) in [5.74, 6) is 0. The van der Waals surface area contributed by atoms with Crippen LogP contribution >= 0.6 is 0 Å². The summed E-state index contributed by atoms with van der Waals surface area (Å²) in [6.07, 6.45) is 4.81. The van der Waals surface area contributed by atoms with Gasteiger partial charge in [-0.15, -0.1) is 0 Å². The third kappa shape index (κ3) is 3.58. The van der Waals surface area contributed by atoms with E-state index in [0.29, 0.717) is 0 Å². The van der Waals surface area contributed by atoms with Crippen LogP contribution in [0.4, 0.5) is 0 Å². The first-order chi connectivity index (χ1) is 7.83. The number of aryl methyl sites for hydroxylation is 1. The Bertz CT molecular complexity index is 302. The molecule has 0 amide bonds. The quantitative estimate of drug-likeness (QED) is 0.769. The molecule has 1 N–H and O–H groups in total. The molecule has 0 fully saturated rings. The highest BCUT2D eigenvalue weighted by atomic mass is 16.5. The van der Waals surface area contributed by atoms with Gasteiger partial charge >= 0.3 is 0 Å². The fourth-order valence-corrected chi connectivity index (χ4v) is 1.81. The SMILES string of the molecule is CCNC(COCC)c1ccncc1CC. The van der Waals surface area contributed by atoms with Crippen LogP contribution in [0.3, 0.4) is 0 Å². The minimum Gasteiger partial charge on any atom is -0.380 e. The predicted octanol–water partition coefficient (Wildman–Crippen LogP) is 2.33. The largest absolute Gasteiger partial charge is 0.380 e. The molecule has 1 unspecified atom stereocenters. The Labute approximate surface area is 98.2 Å². The number of ether oxygens (including phenoxy) is 1. The number of rotatable bonds is 7. The summed E-state index contributed by atoms with van der Waals surface area (Å²) in [7, 11) is 0. The molecule has 90 valence electrons. The fourth-order valence-electron chi connectivity index (χ4n) is 1.81. The lowest BCUT2D eigenvalue weighted by atomic mass is 10.0. The van der Waals surface area contributed by atoms with Crippen molar-refractivity contribution in [3.63, 3.8) is 0 Å². The fraction of sp³-hybridized carbons (Fsp3) is 0.615. The molecule has 0 radical (unpaired) electrons. The molecule has 0 bridgehead atoms. The van der Waals surface area contributed by atoms with E-state index in [4.69, 9.17) is 4.74 Å². The first-order valence-corrected chi connectivity index (χ1v) is 6.07. The van der Waals surface area contributed by atoms with Crippen molar-refractivity contribution in [2.75, 3.05) is 19.8 Å². The van der Waals surface area contributed by atoms with E-state index in [-0.39, 0.29) is 6.04 Å². The minimum atomic E-state index is 0.280. The first-order valence-electron chi connectivity index (χ1n) is 6.07. The number of nitrogens with zero attached hydrogens (tertiary/aromatic N) is 1. The molecule has 0 aromatic carbocycles. The number of hydrogen-bond acceptors (Lipinski definition) is 3. The van der Waals surface area contributed by atoms with E-state index in [1.54, 1.807) is 0 Å². The summed E-state index contributed by atoms with van der Waals surface area (Å²) >= 11 is 0. The van der Waals surface area contributed by atoms with Gasteiger partial charge in [0, 0.05) is 19.0 Å². The van der Waals surface area contributed by atoms with Crippen LogP contribution in [0.1, 0.15) is 37.9 Å². The van der Waals surface area contributed by atoms with Crippen molar-refractivity contribution in [1.29, 1.82) is 0 Å². The third-order valence-electron chi connectivity index (χ3n) is 2.64. The number of nitrogens with one attached hydrogen (secondary N) is 1. The molecule has 0 aliphatic heterocycles. The van der Waals surface area contributed by atoms with Gasteiger partial charge in [0.15, 0.2) is 0 Å². The Morgan fingerprint density at radius 1 is 1.38 bits per heavy atom. The molecule has 0 saturated heterocycles. The Balaban J connectivity index is 2.81. The highest BCUT2D eigenvalue weighted by Gasteiger charge is 2.13. The maximum absolute atomic E-state index is 5.52. The van der Waals surface area contributed by atoms with Crippen LogP contribution in [0, 0.1) is 0 Å². The van der Waals surface area contributed by atoms with Crippen LogP contribution in [0.15, 0.2) is 18.5 Å². The second-order valence-corrected chi connectivity index (χ2v) is 3.70. The van der Waals surface area contributed by atoms with E-state index in [2.05, 4.69) is 30.2 Å². The minimum absolute atomic E-state index is 0.280. The average Bonchev–Trinajstić information content (AvgIpc) is 2.34. The zero-order valence-corrected chi connectivity index (χ0v) is 10.5. The van der Waals surface area contributed by atoms with Crippen LogP contribution in [0.5, 0.6) is 0 Å². The molecule has 0 saturated carbocycles. The number of pyridine rings is 1. The molecule has 1 rings (SSSR count). The van der Waals surface area contributed by atoms with Gasteiger partial charge in [0.05, 0.1) is 12.6 Å². The van der Waals surface area contributed by atoms with Crippen LogP contribution in [0.25, 0.3) is 0 Å². The van der Waals surface area contributed by atoms with Crippen molar-refractivity contribution in [2.45, 2.75) is 33.2 Å². The van der Waals surface area contributed by atoms with Crippen molar-refractivity contribution >= 4 is 0 Å². The molecule has 0 aliphatic rings. The van der Waals surface area contributed by atoms with Gasteiger partial charge < -0.3 is 10.1 Å². The Hall–Kier alpha value is -0.930. The molecule has 0 aliphatic carbocycles. The monoisotopic (exact) mass is 222 g/mol. The van der Waals surface area contributed by atoms with Gasteiger partial charge in [-0.25, -0.2) is 0 Å². The highest BCUT2D eigenvalue weighted by molar-refractivity contribution is 5.26. The van der Waals surface area contributed by atoms with Gasteiger partial charge in [0.2, 0.25) is 0 Å². The van der Waals surface area contributed by atoms with E-state index < -0.39 is 0 Å². The van der Waals surface area contributed by atoms with Crippen molar-refractivity contribution < 1.29 is 4.74 Å². The highest BCUT2D eigenvalue weighted by Crippen LogP contribution is 2.18. The summed E-state index contributed by atoms with van der Waals surface area (Å²) in [6, 6.07) is 2.37. The lowest BCUT2D eigenvalue weighted by Gasteiger charge is -2.20. The summed E-state index contributed by atoms with van der Waals surface area (Å²) in [6.45, 7) is 8.73. The molecule has 3 heteroatoms. The van der Waals surface area contributed by atoms with E-state index >= 15 is 0 Å². The Kier molecular flexibility index (Phi) is 6.04. The summed E-state index contributed by atoms with van der Waals surface area (Å²) in [5, 5.41) is 3.46. The molecule has 16 heavy (non-hydrogen) atoms. The molecular weight excluding hydrogens is 200 g/mol. The topological polar surface area (TPSA) is 34.1 Å². The zero-order valence-electron chi connectivity index (χ0n) is 10.5. The van der Waals surface area contributed by atoms with Crippen LogP contribution in [-0.2, 0) is 11.2 Å². The van der Waals surface area contributed by atoms with Gasteiger partial charge in [0.1, 0.15) is 0 Å². The summed E-state index contributed by atoms with van der Waals surface area (Å²) in [5.41, 5.74) is 2.61. The van der Waals surface area contributed by atoms with Gasteiger partial charge in [-0.2, -0.15) is 0 Å². The van der Waals surface area contributed by atoms with E-state index in [0.717, 1.165) is 26.2 Å². The van der Waals surface area contributed by atoms with Gasteiger partial charge in [-0.05, 0) is 37.1 Å². The molecule has 0 spiro atoms. The maximum Gasteiger partial charge on any atom is 0.0661 e. The molecular formula is C13H22N2O. The Morgan fingerprint density at radius 3 is 2.81 bits per heavy atom. The van der Waals surface area contributed by atoms with E-state index in [1.807, 2.05) is 19.3 Å². The predicted molar refractivity (Wildman–Crippen MR) is 66.5 cm³/mol. The first kappa shape index (κ1) is 13.1. The number of hydrogen-bond donors (Lipinski definition) is 1. The lowest BCUT2D eigenvalue weighted by molar-refractivity contribution is 0.123. The van der Waals surface area contributed by atoms with Gasteiger partial charge in [-0.1, -0.05) is 13.8 Å². The maximum atomic E-state index is 5.52. The second-order valence-electron chi connectivity index (χ2n) is 3.70. The Morgan fingerprint density at radius 2 is 2.19 bits per heavy atom. The summed E-state index contributed by atoms with van der Waals surface area (Å²) in [4.78, 5) is 4.17. The number of aromatic nitrogens is 1. The molecule has 1 heterocycles. The van der Waals surface area contributed by atoms with Crippen molar-refractivity contribution in [2.24, 2.45) is 0 Å². The normalized spacial score (nSPS) is 12.7. The molecule has 3 nitrogen and oxygen atoms in total. The van der Waals surface area contributed by atoms with Crippen molar-refractivity contribution in [1.82, 2.24) is 10.3 Å². The van der Waals surface area contributed by atoms with Crippen LogP contribution in [0.2, 0.25) is 0 Å². The average molecular weight is 222 g/mol. The van der Waals surface area contributed by atoms with Gasteiger partial charge in [-0.3, -0.25) is 4.98 Å². The van der Waals surface area contributed by atoms with E-state index in [1.165, 1.54) is 11.1 Å². The lowest BCUT2D eigenvalue weighted by Crippen LogP contribution is -2.26. The number of likely N-dealkylation sites (N-methyl/N-ethyl adjacent to an activating group) is 1. The third-order valence-corrected chi connectivity index (χ3v) is 2.64. The zero-order chi connectivity index (χ0) is 11.8. The van der Waals surface area contributed by atoms with Gasteiger partial charge in [0.25, 0.3) is 0 Å². The van der Waals surface area contributed by atoms with Crippen molar-refractivity contribution in [3.8, 4) is 0 Å². The molecule has 1 aromatic rings. The molecule has 1 aromatic heterocycles. The molecule has 1 atom stereocenters.